The van der Waals surface area contributed by atoms with E-state index >= 15 is 0 Å². The summed E-state index contributed by atoms with van der Waals surface area (Å²) in [7, 11) is 1.38. The number of pyridine rings is 1. The molecule has 0 unspecified atom stereocenters. The van der Waals surface area contributed by atoms with Gasteiger partial charge in [0.2, 0.25) is 0 Å². The summed E-state index contributed by atoms with van der Waals surface area (Å²) in [4.78, 5) is 17.8. The predicted octanol–water partition coefficient (Wildman–Crippen LogP) is 1.09. The average molecular weight is 236 g/mol. The van der Waals surface area contributed by atoms with Gasteiger partial charge in [-0.05, 0) is 18.6 Å². The van der Waals surface area contributed by atoms with Crippen molar-refractivity contribution in [1.82, 2.24) is 4.98 Å². The molecule has 1 saturated heterocycles. The number of aromatic nitrogens is 1. The van der Waals surface area contributed by atoms with Crippen LogP contribution in [0.3, 0.4) is 0 Å². The SMILES string of the molecule is COC(=O)c1ccnc(N2CCCOCC2)c1. The molecule has 17 heavy (non-hydrogen) atoms. The second kappa shape index (κ2) is 5.63. The predicted molar refractivity (Wildman–Crippen MR) is 63.2 cm³/mol. The fraction of sp³-hybridized carbons (Fsp3) is 0.500. The van der Waals surface area contributed by atoms with Gasteiger partial charge in [-0.1, -0.05) is 0 Å². The Labute approximate surface area is 100 Å². The number of carbonyl (C=O) groups is 1. The maximum atomic E-state index is 11.4. The number of nitrogens with zero attached hydrogens (tertiary/aromatic N) is 2. The first kappa shape index (κ1) is 11.9. The maximum absolute atomic E-state index is 11.4. The van der Waals surface area contributed by atoms with Crippen LogP contribution < -0.4 is 4.90 Å². The molecule has 5 nitrogen and oxygen atoms in total. The van der Waals surface area contributed by atoms with Crippen molar-refractivity contribution >= 4 is 11.8 Å². The van der Waals surface area contributed by atoms with Gasteiger partial charge < -0.3 is 14.4 Å². The van der Waals surface area contributed by atoms with E-state index in [4.69, 9.17) is 9.47 Å². The third-order valence-corrected chi connectivity index (χ3v) is 2.71. The lowest BCUT2D eigenvalue weighted by Gasteiger charge is -2.20. The molecule has 0 N–H and O–H groups in total. The molecule has 1 aromatic rings. The van der Waals surface area contributed by atoms with Crippen LogP contribution in [0.2, 0.25) is 0 Å². The Balaban J connectivity index is 2.16. The summed E-state index contributed by atoms with van der Waals surface area (Å²) in [6, 6.07) is 3.42. The van der Waals surface area contributed by atoms with Crippen molar-refractivity contribution in [2.75, 3.05) is 38.3 Å². The standard InChI is InChI=1S/C12H16N2O3/c1-16-12(15)10-3-4-13-11(9-10)14-5-2-7-17-8-6-14/h3-4,9H,2,5-8H2,1H3. The first-order valence-corrected chi connectivity index (χ1v) is 5.68. The second-order valence-corrected chi connectivity index (χ2v) is 3.85. The van der Waals surface area contributed by atoms with Crippen LogP contribution >= 0.6 is 0 Å². The molecule has 0 radical (unpaired) electrons. The van der Waals surface area contributed by atoms with Gasteiger partial charge >= 0.3 is 5.97 Å². The Morgan fingerprint density at radius 2 is 2.35 bits per heavy atom. The second-order valence-electron chi connectivity index (χ2n) is 3.85. The van der Waals surface area contributed by atoms with Gasteiger partial charge in [0.05, 0.1) is 19.3 Å². The lowest BCUT2D eigenvalue weighted by atomic mass is 10.2. The Hall–Kier alpha value is -1.62. The molecular weight excluding hydrogens is 220 g/mol. The van der Waals surface area contributed by atoms with Gasteiger partial charge in [0.25, 0.3) is 0 Å². The van der Waals surface area contributed by atoms with Crippen molar-refractivity contribution in [3.63, 3.8) is 0 Å². The van der Waals surface area contributed by atoms with E-state index in [0.717, 1.165) is 31.9 Å². The van der Waals surface area contributed by atoms with Crippen LogP contribution in [-0.4, -0.2) is 44.4 Å². The average Bonchev–Trinajstić information content (AvgIpc) is 2.67. The van der Waals surface area contributed by atoms with E-state index in [9.17, 15) is 4.79 Å². The molecule has 1 aliphatic heterocycles. The molecule has 0 bridgehead atoms. The summed E-state index contributed by atoms with van der Waals surface area (Å²) in [6.45, 7) is 3.19. The number of carbonyl (C=O) groups excluding carboxylic acids is 1. The van der Waals surface area contributed by atoms with Gasteiger partial charge in [0, 0.05) is 25.9 Å². The van der Waals surface area contributed by atoms with Gasteiger partial charge in [-0.25, -0.2) is 9.78 Å². The topological polar surface area (TPSA) is 51.7 Å². The molecule has 0 aromatic carbocycles. The highest BCUT2D eigenvalue weighted by atomic mass is 16.5. The zero-order valence-electron chi connectivity index (χ0n) is 9.89. The number of hydrogen-bond acceptors (Lipinski definition) is 5. The first-order valence-electron chi connectivity index (χ1n) is 5.68. The third kappa shape index (κ3) is 2.94. The number of ether oxygens (including phenoxy) is 2. The Kier molecular flexibility index (Phi) is 3.93. The minimum absolute atomic E-state index is 0.334. The molecule has 92 valence electrons. The Morgan fingerprint density at radius 1 is 1.47 bits per heavy atom. The molecule has 5 heteroatoms. The minimum Gasteiger partial charge on any atom is -0.465 e. The van der Waals surface area contributed by atoms with Gasteiger partial charge in [0.1, 0.15) is 5.82 Å². The molecular formula is C12H16N2O3. The third-order valence-electron chi connectivity index (χ3n) is 2.71. The zero-order valence-corrected chi connectivity index (χ0v) is 9.89. The normalized spacial score (nSPS) is 16.4. The monoisotopic (exact) mass is 236 g/mol. The fourth-order valence-corrected chi connectivity index (χ4v) is 1.81. The molecule has 2 heterocycles. The lowest BCUT2D eigenvalue weighted by Crippen LogP contribution is -2.27. The van der Waals surface area contributed by atoms with Gasteiger partial charge in [-0.2, -0.15) is 0 Å². The van der Waals surface area contributed by atoms with E-state index < -0.39 is 0 Å². The van der Waals surface area contributed by atoms with Crippen LogP contribution in [0.5, 0.6) is 0 Å². The van der Waals surface area contributed by atoms with E-state index in [0.29, 0.717) is 12.2 Å². The number of esters is 1. The summed E-state index contributed by atoms with van der Waals surface area (Å²) in [6.07, 6.45) is 2.61. The van der Waals surface area contributed by atoms with Crippen LogP contribution in [0.4, 0.5) is 5.82 Å². The Bertz CT molecular complexity index is 387. The van der Waals surface area contributed by atoms with Crippen LogP contribution in [0, 0.1) is 0 Å². The largest absolute Gasteiger partial charge is 0.465 e. The van der Waals surface area contributed by atoms with E-state index in [2.05, 4.69) is 9.88 Å². The van der Waals surface area contributed by atoms with Crippen LogP contribution in [0.1, 0.15) is 16.8 Å². The number of rotatable bonds is 2. The fourth-order valence-electron chi connectivity index (χ4n) is 1.81. The summed E-state index contributed by atoms with van der Waals surface area (Å²) in [5.74, 6) is 0.470. The highest BCUT2D eigenvalue weighted by molar-refractivity contribution is 5.90. The smallest absolute Gasteiger partial charge is 0.338 e. The molecule has 1 fully saturated rings. The quantitative estimate of drug-likeness (QED) is 0.720. The minimum atomic E-state index is -0.334. The van der Waals surface area contributed by atoms with Crippen molar-refractivity contribution in [3.05, 3.63) is 23.9 Å². The highest BCUT2D eigenvalue weighted by Gasteiger charge is 2.13. The van der Waals surface area contributed by atoms with Crippen molar-refractivity contribution in [1.29, 1.82) is 0 Å². The van der Waals surface area contributed by atoms with Crippen LogP contribution in [0.15, 0.2) is 18.3 Å². The first-order chi connectivity index (χ1) is 8.31. The van der Waals surface area contributed by atoms with Crippen molar-refractivity contribution < 1.29 is 14.3 Å². The maximum Gasteiger partial charge on any atom is 0.338 e. The lowest BCUT2D eigenvalue weighted by molar-refractivity contribution is 0.0600. The molecule has 0 spiro atoms. The van der Waals surface area contributed by atoms with E-state index in [1.54, 1.807) is 18.3 Å². The van der Waals surface area contributed by atoms with Crippen LogP contribution in [0.25, 0.3) is 0 Å². The van der Waals surface area contributed by atoms with Crippen molar-refractivity contribution in [2.24, 2.45) is 0 Å². The van der Waals surface area contributed by atoms with Gasteiger partial charge in [-0.3, -0.25) is 0 Å². The summed E-state index contributed by atoms with van der Waals surface area (Å²) >= 11 is 0. The van der Waals surface area contributed by atoms with Crippen molar-refractivity contribution in [3.8, 4) is 0 Å². The highest BCUT2D eigenvalue weighted by Crippen LogP contribution is 2.15. The van der Waals surface area contributed by atoms with E-state index in [1.165, 1.54) is 7.11 Å². The van der Waals surface area contributed by atoms with E-state index in [1.807, 2.05) is 0 Å². The molecule has 0 amide bonds. The summed E-state index contributed by atoms with van der Waals surface area (Å²) < 4.78 is 10.1. The van der Waals surface area contributed by atoms with Gasteiger partial charge in [-0.15, -0.1) is 0 Å². The molecule has 0 atom stereocenters. The molecule has 0 aliphatic carbocycles. The Morgan fingerprint density at radius 3 is 3.18 bits per heavy atom. The molecule has 2 rings (SSSR count). The number of anilines is 1. The molecule has 0 saturated carbocycles. The summed E-state index contributed by atoms with van der Waals surface area (Å²) in [5.41, 5.74) is 0.530. The van der Waals surface area contributed by atoms with Crippen molar-refractivity contribution in [2.45, 2.75) is 6.42 Å². The number of methoxy groups -OCH3 is 1. The van der Waals surface area contributed by atoms with E-state index in [-0.39, 0.29) is 5.97 Å². The van der Waals surface area contributed by atoms with Crippen LogP contribution in [-0.2, 0) is 9.47 Å². The molecule has 1 aliphatic rings. The number of hydrogen-bond donors (Lipinski definition) is 0. The summed E-state index contributed by atoms with van der Waals surface area (Å²) in [5, 5.41) is 0. The molecule has 1 aromatic heterocycles. The zero-order chi connectivity index (χ0) is 12.1. The van der Waals surface area contributed by atoms with Gasteiger partial charge in [0.15, 0.2) is 0 Å².